The SMILES string of the molecule is O=C(CCCl)O/N=C1\C(=O)N(Cc2cccc(C(F)(F)F)c2)c2ccc(Cl)cc21. The number of carbonyl (C=O) groups excluding carboxylic acids is 2. The van der Waals surface area contributed by atoms with Gasteiger partial charge in [-0.3, -0.25) is 4.79 Å². The first-order valence-corrected chi connectivity index (χ1v) is 9.23. The Kier molecular flexibility index (Phi) is 6.14. The number of anilines is 1. The molecule has 3 rings (SSSR count). The van der Waals surface area contributed by atoms with E-state index in [1.54, 1.807) is 6.07 Å². The van der Waals surface area contributed by atoms with Gasteiger partial charge in [0.15, 0.2) is 5.71 Å². The Balaban J connectivity index is 1.94. The minimum Gasteiger partial charge on any atom is -0.317 e. The summed E-state index contributed by atoms with van der Waals surface area (Å²) in [6.45, 7) is -0.133. The number of alkyl halides is 4. The molecule has 1 aliphatic heterocycles. The van der Waals surface area contributed by atoms with Gasteiger partial charge in [-0.2, -0.15) is 13.2 Å². The first-order valence-electron chi connectivity index (χ1n) is 8.32. The molecule has 0 saturated heterocycles. The molecule has 2 aromatic carbocycles. The van der Waals surface area contributed by atoms with Gasteiger partial charge in [0.05, 0.1) is 24.2 Å². The predicted molar refractivity (Wildman–Crippen MR) is 102 cm³/mol. The largest absolute Gasteiger partial charge is 0.416 e. The molecule has 1 amide bonds. The summed E-state index contributed by atoms with van der Waals surface area (Å²) >= 11 is 11.5. The van der Waals surface area contributed by atoms with Gasteiger partial charge in [0.25, 0.3) is 5.91 Å². The second-order valence-electron chi connectivity index (χ2n) is 6.09. The van der Waals surface area contributed by atoms with Crippen molar-refractivity contribution in [1.82, 2.24) is 0 Å². The number of hydrogen-bond acceptors (Lipinski definition) is 4. The van der Waals surface area contributed by atoms with Crippen molar-refractivity contribution in [2.45, 2.75) is 19.1 Å². The van der Waals surface area contributed by atoms with Gasteiger partial charge in [-0.15, -0.1) is 11.6 Å². The highest BCUT2D eigenvalue weighted by Gasteiger charge is 2.36. The highest BCUT2D eigenvalue weighted by Crippen LogP contribution is 2.34. The zero-order valence-electron chi connectivity index (χ0n) is 14.7. The van der Waals surface area contributed by atoms with Gasteiger partial charge in [0.2, 0.25) is 0 Å². The highest BCUT2D eigenvalue weighted by molar-refractivity contribution is 6.54. The lowest BCUT2D eigenvalue weighted by Crippen LogP contribution is -2.30. The molecule has 10 heteroatoms. The van der Waals surface area contributed by atoms with E-state index in [4.69, 9.17) is 28.0 Å². The van der Waals surface area contributed by atoms with Crippen LogP contribution in [0.4, 0.5) is 18.9 Å². The van der Waals surface area contributed by atoms with E-state index in [1.165, 1.54) is 29.2 Å². The van der Waals surface area contributed by atoms with Crippen molar-refractivity contribution in [2.75, 3.05) is 10.8 Å². The maximum absolute atomic E-state index is 13.0. The quantitative estimate of drug-likeness (QED) is 0.378. The van der Waals surface area contributed by atoms with Gasteiger partial charge < -0.3 is 9.74 Å². The number of benzene rings is 2. The van der Waals surface area contributed by atoms with Crippen molar-refractivity contribution in [1.29, 1.82) is 0 Å². The Morgan fingerprint density at radius 1 is 1.17 bits per heavy atom. The number of halogens is 5. The van der Waals surface area contributed by atoms with Crippen molar-refractivity contribution in [3.05, 3.63) is 64.2 Å². The average Bonchev–Trinajstić information content (AvgIpc) is 2.90. The van der Waals surface area contributed by atoms with Crippen LogP contribution in [0.15, 0.2) is 47.6 Å². The van der Waals surface area contributed by atoms with Crippen molar-refractivity contribution in [3.8, 4) is 0 Å². The summed E-state index contributed by atoms with van der Waals surface area (Å²) in [6.07, 6.45) is -4.59. The molecule has 29 heavy (non-hydrogen) atoms. The summed E-state index contributed by atoms with van der Waals surface area (Å²) in [5, 5.41) is 3.95. The van der Waals surface area contributed by atoms with Crippen molar-refractivity contribution >= 4 is 46.5 Å². The monoisotopic (exact) mass is 444 g/mol. The standard InChI is InChI=1S/C19H13Cl2F3N2O3/c20-7-6-16(27)29-25-17-14-9-13(21)4-5-15(14)26(18(17)28)10-11-2-1-3-12(8-11)19(22,23)24/h1-5,8-9H,6-7,10H2/b25-17-. The third kappa shape index (κ3) is 4.71. The fraction of sp³-hybridized carbons (Fsp3) is 0.211. The van der Waals surface area contributed by atoms with Crippen LogP contribution in [0, 0.1) is 0 Å². The molecule has 0 unspecified atom stereocenters. The molecule has 1 heterocycles. The van der Waals surface area contributed by atoms with Crippen LogP contribution in [0.5, 0.6) is 0 Å². The molecule has 0 N–H and O–H groups in total. The molecule has 1 aliphatic rings. The summed E-state index contributed by atoms with van der Waals surface area (Å²) < 4.78 is 38.9. The molecule has 0 aromatic heterocycles. The molecule has 0 radical (unpaired) electrons. The van der Waals surface area contributed by atoms with E-state index in [1.807, 2.05) is 0 Å². The van der Waals surface area contributed by atoms with Crippen LogP contribution >= 0.6 is 23.2 Å². The van der Waals surface area contributed by atoms with Gasteiger partial charge in [-0.25, -0.2) is 4.79 Å². The molecule has 0 fully saturated rings. The highest BCUT2D eigenvalue weighted by atomic mass is 35.5. The Labute approximate surface area is 173 Å². The smallest absolute Gasteiger partial charge is 0.317 e. The third-order valence-corrected chi connectivity index (χ3v) is 4.51. The normalized spacial score (nSPS) is 15.0. The number of hydrogen-bond donors (Lipinski definition) is 0. The van der Waals surface area contributed by atoms with Crippen LogP contribution in [-0.2, 0) is 27.1 Å². The van der Waals surface area contributed by atoms with Crippen LogP contribution in [0.3, 0.4) is 0 Å². The molecule has 0 bridgehead atoms. The lowest BCUT2D eigenvalue weighted by atomic mass is 10.1. The van der Waals surface area contributed by atoms with Crippen molar-refractivity contribution in [2.24, 2.45) is 5.16 Å². The van der Waals surface area contributed by atoms with E-state index < -0.39 is 23.6 Å². The minimum atomic E-state index is -4.50. The Morgan fingerprint density at radius 3 is 2.62 bits per heavy atom. The molecule has 0 saturated carbocycles. The first-order chi connectivity index (χ1) is 13.7. The van der Waals surface area contributed by atoms with Crippen molar-refractivity contribution < 1.29 is 27.6 Å². The summed E-state index contributed by atoms with van der Waals surface area (Å²) in [4.78, 5) is 30.3. The number of nitrogens with zero attached hydrogens (tertiary/aromatic N) is 2. The fourth-order valence-electron chi connectivity index (χ4n) is 2.78. The van der Waals surface area contributed by atoms with Crippen LogP contribution in [0.25, 0.3) is 0 Å². The maximum atomic E-state index is 13.0. The zero-order valence-corrected chi connectivity index (χ0v) is 16.2. The van der Waals surface area contributed by atoms with Gasteiger partial charge in [-0.05, 0) is 35.9 Å². The van der Waals surface area contributed by atoms with E-state index in [9.17, 15) is 22.8 Å². The second-order valence-corrected chi connectivity index (χ2v) is 6.91. The molecular formula is C19H13Cl2F3N2O3. The van der Waals surface area contributed by atoms with E-state index >= 15 is 0 Å². The van der Waals surface area contributed by atoms with E-state index in [2.05, 4.69) is 5.16 Å². The van der Waals surface area contributed by atoms with Crippen LogP contribution in [0.2, 0.25) is 5.02 Å². The molecule has 2 aromatic rings. The molecule has 152 valence electrons. The topological polar surface area (TPSA) is 59.0 Å². The van der Waals surface area contributed by atoms with Crippen LogP contribution in [-0.4, -0.2) is 23.5 Å². The van der Waals surface area contributed by atoms with Gasteiger partial charge in [0.1, 0.15) is 0 Å². The Bertz CT molecular complexity index is 993. The fourth-order valence-corrected chi connectivity index (χ4v) is 3.11. The minimum absolute atomic E-state index is 0.0295. The van der Waals surface area contributed by atoms with Crippen molar-refractivity contribution in [3.63, 3.8) is 0 Å². The third-order valence-electron chi connectivity index (χ3n) is 4.08. The number of oxime groups is 1. The Hall–Kier alpha value is -2.58. The summed E-state index contributed by atoms with van der Waals surface area (Å²) in [7, 11) is 0. The summed E-state index contributed by atoms with van der Waals surface area (Å²) in [5.74, 6) is -1.32. The van der Waals surface area contributed by atoms with E-state index in [0.717, 1.165) is 12.1 Å². The van der Waals surface area contributed by atoms with Crippen LogP contribution in [0.1, 0.15) is 23.1 Å². The Morgan fingerprint density at radius 2 is 1.93 bits per heavy atom. The van der Waals surface area contributed by atoms with Gasteiger partial charge in [-0.1, -0.05) is 28.9 Å². The molecule has 0 spiro atoms. The molecule has 0 aliphatic carbocycles. The predicted octanol–water partition coefficient (Wildman–Crippen LogP) is 4.78. The zero-order chi connectivity index (χ0) is 21.2. The molecular weight excluding hydrogens is 432 g/mol. The second kappa shape index (κ2) is 8.42. The maximum Gasteiger partial charge on any atom is 0.416 e. The average molecular weight is 445 g/mol. The van der Waals surface area contributed by atoms with Gasteiger partial charge >= 0.3 is 12.1 Å². The number of rotatable bonds is 5. The lowest BCUT2D eigenvalue weighted by molar-refractivity contribution is -0.143. The summed E-state index contributed by atoms with van der Waals surface area (Å²) in [6, 6.07) is 9.22. The first kappa shape index (κ1) is 21.1. The van der Waals surface area contributed by atoms with Crippen LogP contribution < -0.4 is 4.90 Å². The number of fused-ring (bicyclic) bond motifs is 1. The molecule has 0 atom stereocenters. The lowest BCUT2D eigenvalue weighted by Gasteiger charge is -2.18. The summed E-state index contributed by atoms with van der Waals surface area (Å²) in [5.41, 5.74) is -0.00849. The van der Waals surface area contributed by atoms with Gasteiger partial charge in [0, 0.05) is 16.5 Å². The van der Waals surface area contributed by atoms with E-state index in [-0.39, 0.29) is 30.1 Å². The molecule has 5 nitrogen and oxygen atoms in total. The number of carbonyl (C=O) groups is 2. The number of amides is 1. The van der Waals surface area contributed by atoms with E-state index in [0.29, 0.717) is 16.3 Å².